The van der Waals surface area contributed by atoms with Crippen molar-refractivity contribution in [2.45, 2.75) is 13.5 Å². The van der Waals surface area contributed by atoms with Crippen molar-refractivity contribution in [2.24, 2.45) is 10.2 Å². The first-order valence-electron chi connectivity index (χ1n) is 8.75. The maximum Gasteiger partial charge on any atom is 0.221 e. The van der Waals surface area contributed by atoms with Crippen molar-refractivity contribution < 1.29 is 5.11 Å². The van der Waals surface area contributed by atoms with Crippen LogP contribution < -0.4 is 0 Å². The van der Waals surface area contributed by atoms with E-state index in [1.165, 1.54) is 0 Å². The summed E-state index contributed by atoms with van der Waals surface area (Å²) in [6.07, 6.45) is 0. The van der Waals surface area contributed by atoms with Gasteiger partial charge in [0.25, 0.3) is 0 Å². The number of benzene rings is 3. The number of azo groups is 1. The monoisotopic (exact) mass is 409 g/mol. The van der Waals surface area contributed by atoms with E-state index >= 15 is 0 Å². The molecule has 4 rings (SSSR count). The zero-order valence-corrected chi connectivity index (χ0v) is 16.6. The molecule has 0 aliphatic rings. The van der Waals surface area contributed by atoms with E-state index in [9.17, 15) is 5.11 Å². The molecule has 6 heteroatoms. The molecule has 0 fully saturated rings. The highest BCUT2D eigenvalue weighted by Crippen LogP contribution is 2.40. The summed E-state index contributed by atoms with van der Waals surface area (Å²) in [6.45, 7) is 2.39. The molecule has 0 bridgehead atoms. The summed E-state index contributed by atoms with van der Waals surface area (Å²) in [5.41, 5.74) is 3.97. The molecule has 0 spiro atoms. The minimum Gasteiger partial charge on any atom is -0.493 e. The summed E-state index contributed by atoms with van der Waals surface area (Å²) in [5, 5.41) is 21.5. The Balaban J connectivity index is 1.79. The number of hydrogen-bond acceptors (Lipinski definition) is 3. The molecule has 140 valence electrons. The highest BCUT2D eigenvalue weighted by Gasteiger charge is 2.17. The molecule has 0 unspecified atom stereocenters. The third-order valence-corrected chi connectivity index (χ3v) is 5.12. The van der Waals surface area contributed by atoms with Crippen LogP contribution in [0.1, 0.15) is 11.1 Å². The van der Waals surface area contributed by atoms with Crippen molar-refractivity contribution >= 4 is 45.5 Å². The predicted octanol–water partition coefficient (Wildman–Crippen LogP) is 7.43. The molecular formula is C22H17Cl2N3O. The van der Waals surface area contributed by atoms with E-state index in [4.69, 9.17) is 23.2 Å². The van der Waals surface area contributed by atoms with Crippen LogP contribution in [-0.2, 0) is 6.54 Å². The number of nitrogens with zero attached hydrogens (tertiary/aromatic N) is 3. The average molecular weight is 410 g/mol. The van der Waals surface area contributed by atoms with Gasteiger partial charge >= 0.3 is 0 Å². The van der Waals surface area contributed by atoms with Crippen LogP contribution in [0.2, 0.25) is 10.0 Å². The lowest BCUT2D eigenvalue weighted by atomic mass is 10.2. The van der Waals surface area contributed by atoms with E-state index < -0.39 is 0 Å². The normalized spacial score (nSPS) is 11.5. The summed E-state index contributed by atoms with van der Waals surface area (Å²) in [5.74, 6) is 0.0450. The zero-order chi connectivity index (χ0) is 19.7. The quantitative estimate of drug-likeness (QED) is 0.350. The van der Waals surface area contributed by atoms with Crippen LogP contribution in [0.4, 0.5) is 11.4 Å². The molecular weight excluding hydrogens is 393 g/mol. The maximum absolute atomic E-state index is 10.9. The molecule has 28 heavy (non-hydrogen) atoms. The molecule has 0 saturated carbocycles. The number of para-hydroxylation sites is 1. The van der Waals surface area contributed by atoms with Gasteiger partial charge in [-0.3, -0.25) is 0 Å². The smallest absolute Gasteiger partial charge is 0.221 e. The van der Waals surface area contributed by atoms with Crippen molar-refractivity contribution in [2.75, 3.05) is 0 Å². The van der Waals surface area contributed by atoms with Crippen molar-refractivity contribution in [3.8, 4) is 5.88 Å². The van der Waals surface area contributed by atoms with Crippen molar-refractivity contribution in [3.63, 3.8) is 0 Å². The van der Waals surface area contributed by atoms with E-state index in [-0.39, 0.29) is 5.88 Å². The number of hydrogen-bond donors (Lipinski definition) is 1. The van der Waals surface area contributed by atoms with Gasteiger partial charge in [0.15, 0.2) is 5.69 Å². The fourth-order valence-electron chi connectivity index (χ4n) is 3.15. The van der Waals surface area contributed by atoms with Gasteiger partial charge in [0.2, 0.25) is 5.88 Å². The highest BCUT2D eigenvalue weighted by molar-refractivity contribution is 6.35. The second-order valence-corrected chi connectivity index (χ2v) is 7.39. The van der Waals surface area contributed by atoms with Crippen LogP contribution in [-0.4, -0.2) is 9.67 Å². The molecule has 4 aromatic rings. The highest BCUT2D eigenvalue weighted by atomic mass is 35.5. The topological polar surface area (TPSA) is 49.9 Å². The Morgan fingerprint density at radius 1 is 0.929 bits per heavy atom. The predicted molar refractivity (Wildman–Crippen MR) is 115 cm³/mol. The molecule has 1 N–H and O–H groups in total. The van der Waals surface area contributed by atoms with Crippen LogP contribution in [0.3, 0.4) is 0 Å². The Morgan fingerprint density at radius 3 is 2.54 bits per heavy atom. The average Bonchev–Trinajstić information content (AvgIpc) is 2.94. The van der Waals surface area contributed by atoms with Gasteiger partial charge in [0.05, 0.1) is 17.7 Å². The van der Waals surface area contributed by atoms with E-state index in [0.717, 1.165) is 27.7 Å². The molecule has 1 heterocycles. The number of aryl methyl sites for hydroxylation is 1. The summed E-state index contributed by atoms with van der Waals surface area (Å²) in [6, 6.07) is 20.7. The minimum absolute atomic E-state index is 0.0450. The first-order chi connectivity index (χ1) is 13.5. The van der Waals surface area contributed by atoms with E-state index in [2.05, 4.69) is 10.2 Å². The number of aromatic hydroxyl groups is 1. The Hall–Kier alpha value is -2.82. The Kier molecular flexibility index (Phi) is 5.07. The maximum atomic E-state index is 10.9. The van der Waals surface area contributed by atoms with Gasteiger partial charge in [0.1, 0.15) is 0 Å². The van der Waals surface area contributed by atoms with E-state index in [1.54, 1.807) is 16.7 Å². The van der Waals surface area contributed by atoms with Crippen molar-refractivity contribution in [1.82, 2.24) is 4.57 Å². The summed E-state index contributed by atoms with van der Waals surface area (Å²) < 4.78 is 1.77. The molecule has 0 amide bonds. The van der Waals surface area contributed by atoms with Crippen LogP contribution >= 0.6 is 23.2 Å². The second kappa shape index (κ2) is 7.66. The lowest BCUT2D eigenvalue weighted by Crippen LogP contribution is -1.99. The number of fused-ring (bicyclic) bond motifs is 1. The van der Waals surface area contributed by atoms with E-state index in [0.29, 0.717) is 22.3 Å². The van der Waals surface area contributed by atoms with Crippen molar-refractivity contribution in [1.29, 1.82) is 0 Å². The van der Waals surface area contributed by atoms with Crippen LogP contribution in [0.5, 0.6) is 5.88 Å². The minimum atomic E-state index is 0.0450. The van der Waals surface area contributed by atoms with Crippen LogP contribution in [0, 0.1) is 6.92 Å². The largest absolute Gasteiger partial charge is 0.493 e. The molecule has 0 radical (unpaired) electrons. The molecule has 0 aliphatic heterocycles. The molecule has 0 atom stereocenters. The Bertz CT molecular complexity index is 1200. The van der Waals surface area contributed by atoms with Gasteiger partial charge in [-0.1, -0.05) is 59.6 Å². The third kappa shape index (κ3) is 3.61. The lowest BCUT2D eigenvalue weighted by Gasteiger charge is -2.09. The molecule has 4 nitrogen and oxygen atoms in total. The summed E-state index contributed by atoms with van der Waals surface area (Å²) in [7, 11) is 0. The van der Waals surface area contributed by atoms with Gasteiger partial charge in [-0.05, 0) is 48.4 Å². The zero-order valence-electron chi connectivity index (χ0n) is 15.1. The SMILES string of the molecule is Cc1cccc(N=Nc2c(O)n(Cc3ccc(Cl)cc3Cl)c3ccccc23)c1. The Morgan fingerprint density at radius 2 is 1.75 bits per heavy atom. The van der Waals surface area contributed by atoms with Crippen LogP contribution in [0.25, 0.3) is 10.9 Å². The molecule has 1 aromatic heterocycles. The third-order valence-electron chi connectivity index (χ3n) is 4.53. The molecule has 0 aliphatic carbocycles. The number of halogens is 2. The van der Waals surface area contributed by atoms with Gasteiger partial charge in [0, 0.05) is 15.4 Å². The van der Waals surface area contributed by atoms with Gasteiger partial charge in [-0.2, -0.15) is 5.11 Å². The summed E-state index contributed by atoms with van der Waals surface area (Å²) in [4.78, 5) is 0. The second-order valence-electron chi connectivity index (χ2n) is 6.55. The number of aromatic nitrogens is 1. The standard InChI is InChI=1S/C22H17Cl2N3O/c1-14-5-4-6-17(11-14)25-26-21-18-7-2-3-8-20(18)27(22(21)28)13-15-9-10-16(23)12-19(15)24/h2-12,28H,13H2,1H3. The lowest BCUT2D eigenvalue weighted by molar-refractivity contribution is 0.429. The van der Waals surface area contributed by atoms with Gasteiger partial charge < -0.3 is 9.67 Å². The number of rotatable bonds is 4. The van der Waals surface area contributed by atoms with Crippen LogP contribution in [0.15, 0.2) is 77.0 Å². The fourth-order valence-corrected chi connectivity index (χ4v) is 3.62. The first kappa shape index (κ1) is 18.5. The van der Waals surface area contributed by atoms with Gasteiger partial charge in [-0.25, -0.2) is 0 Å². The first-order valence-corrected chi connectivity index (χ1v) is 9.51. The summed E-state index contributed by atoms with van der Waals surface area (Å²) >= 11 is 12.3. The molecule has 0 saturated heterocycles. The fraction of sp³-hybridized carbons (Fsp3) is 0.0909. The Labute approximate surface area is 172 Å². The van der Waals surface area contributed by atoms with Gasteiger partial charge in [-0.15, -0.1) is 5.11 Å². The molecule has 3 aromatic carbocycles. The van der Waals surface area contributed by atoms with Crippen molar-refractivity contribution in [3.05, 3.63) is 87.9 Å². The van der Waals surface area contributed by atoms with E-state index in [1.807, 2.05) is 61.5 Å².